The summed E-state index contributed by atoms with van der Waals surface area (Å²) in [4.78, 5) is 34.4. The molecule has 204 valence electrons. The second kappa shape index (κ2) is 10.6. The lowest BCUT2D eigenvalue weighted by atomic mass is 10.1. The largest absolute Gasteiger partial charge is 0.462 e. The number of benzene rings is 2. The second-order valence-corrected chi connectivity index (χ2v) is 8.91. The van der Waals surface area contributed by atoms with Gasteiger partial charge in [-0.2, -0.15) is 10.2 Å². The van der Waals surface area contributed by atoms with Crippen LogP contribution in [-0.4, -0.2) is 47.7 Å². The summed E-state index contributed by atoms with van der Waals surface area (Å²) in [6, 6.07) is 18.8. The number of anilines is 1. The lowest BCUT2D eigenvalue weighted by Crippen LogP contribution is -2.13. The topological polar surface area (TPSA) is 116 Å². The van der Waals surface area contributed by atoms with Gasteiger partial charge in [0.05, 0.1) is 30.4 Å². The number of aromatic nitrogens is 6. The zero-order chi connectivity index (χ0) is 28.5. The zero-order valence-corrected chi connectivity index (χ0v) is 21.5. The highest BCUT2D eigenvalue weighted by atomic mass is 19.3. The van der Waals surface area contributed by atoms with Gasteiger partial charge in [0.2, 0.25) is 0 Å². The van der Waals surface area contributed by atoms with Crippen LogP contribution in [0.15, 0.2) is 85.3 Å². The highest BCUT2D eigenvalue weighted by Crippen LogP contribution is 2.28. The summed E-state index contributed by atoms with van der Waals surface area (Å²) in [7, 11) is 0. The first-order valence-electron chi connectivity index (χ1n) is 12.6. The lowest BCUT2D eigenvalue weighted by Gasteiger charge is -2.10. The third-order valence-corrected chi connectivity index (χ3v) is 6.35. The van der Waals surface area contributed by atoms with E-state index in [1.807, 2.05) is 12.1 Å². The summed E-state index contributed by atoms with van der Waals surface area (Å²) >= 11 is 0. The molecule has 1 amide bonds. The van der Waals surface area contributed by atoms with Crippen molar-refractivity contribution >= 4 is 28.9 Å². The van der Waals surface area contributed by atoms with Crippen molar-refractivity contribution in [2.45, 2.75) is 13.3 Å². The first-order chi connectivity index (χ1) is 19.9. The number of fused-ring (bicyclic) bond motifs is 2. The molecule has 41 heavy (non-hydrogen) atoms. The standard InChI is InChI=1S/C29H21F2N7O3/c1-2-41-29(40)21-16-34-37-23(11-12-32-26(21)37)18-9-6-10-19(13-18)35-28(39)20-15-33-38-24(25(30)31)14-22(36-27(20)38)17-7-4-3-5-8-17/h3-16,25H,2H2,1H3,(H,35,39). The fourth-order valence-corrected chi connectivity index (χ4v) is 4.48. The van der Waals surface area contributed by atoms with Gasteiger partial charge in [0.25, 0.3) is 12.3 Å². The monoisotopic (exact) mass is 553 g/mol. The molecule has 0 fully saturated rings. The summed E-state index contributed by atoms with van der Waals surface area (Å²) in [6.45, 7) is 1.93. The average Bonchev–Trinajstić information content (AvgIpc) is 3.62. The Balaban J connectivity index is 1.34. The van der Waals surface area contributed by atoms with Gasteiger partial charge in [-0.05, 0) is 31.2 Å². The molecule has 2 aromatic carbocycles. The number of hydrogen-bond donors (Lipinski definition) is 1. The van der Waals surface area contributed by atoms with Crippen molar-refractivity contribution in [1.29, 1.82) is 0 Å². The number of rotatable bonds is 7. The number of carbonyl (C=O) groups excluding carboxylic acids is 2. The molecular formula is C29H21F2N7O3. The van der Waals surface area contributed by atoms with E-state index in [1.165, 1.54) is 23.0 Å². The Morgan fingerprint density at radius 3 is 2.44 bits per heavy atom. The molecule has 0 unspecified atom stereocenters. The predicted octanol–water partition coefficient (Wildman–Crippen LogP) is 5.47. The van der Waals surface area contributed by atoms with Crippen molar-refractivity contribution < 1.29 is 23.1 Å². The number of alkyl halides is 2. The molecule has 0 spiro atoms. The molecule has 6 aromatic rings. The third kappa shape index (κ3) is 4.75. The number of nitrogens with one attached hydrogen (secondary N) is 1. The van der Waals surface area contributed by atoms with E-state index in [1.54, 1.807) is 61.7 Å². The lowest BCUT2D eigenvalue weighted by molar-refractivity contribution is 0.0528. The summed E-state index contributed by atoms with van der Waals surface area (Å²) in [5.41, 5.74) is 2.89. The number of hydrogen-bond acceptors (Lipinski definition) is 7. The molecule has 10 nitrogen and oxygen atoms in total. The van der Waals surface area contributed by atoms with Crippen LogP contribution >= 0.6 is 0 Å². The Morgan fingerprint density at radius 1 is 0.902 bits per heavy atom. The summed E-state index contributed by atoms with van der Waals surface area (Å²) in [5, 5.41) is 11.1. The van der Waals surface area contributed by atoms with Crippen molar-refractivity contribution in [2.24, 2.45) is 0 Å². The molecule has 0 saturated heterocycles. The maximum absolute atomic E-state index is 13.9. The minimum absolute atomic E-state index is 0.00851. The number of halogens is 2. The second-order valence-electron chi connectivity index (χ2n) is 8.91. The van der Waals surface area contributed by atoms with Gasteiger partial charge < -0.3 is 10.1 Å². The molecule has 0 atom stereocenters. The maximum atomic E-state index is 13.9. The highest BCUT2D eigenvalue weighted by Gasteiger charge is 2.22. The van der Waals surface area contributed by atoms with Crippen LogP contribution in [0.25, 0.3) is 33.8 Å². The Morgan fingerprint density at radius 2 is 1.66 bits per heavy atom. The first-order valence-corrected chi connectivity index (χ1v) is 12.6. The number of amides is 1. The van der Waals surface area contributed by atoms with Crippen molar-refractivity contribution in [3.63, 3.8) is 0 Å². The Labute approximate surface area is 231 Å². The van der Waals surface area contributed by atoms with Gasteiger partial charge in [0.15, 0.2) is 11.3 Å². The van der Waals surface area contributed by atoms with Crippen LogP contribution in [0.1, 0.15) is 39.8 Å². The van der Waals surface area contributed by atoms with Crippen LogP contribution in [0, 0.1) is 0 Å². The van der Waals surface area contributed by atoms with Crippen molar-refractivity contribution in [1.82, 2.24) is 29.2 Å². The van der Waals surface area contributed by atoms with Crippen LogP contribution in [0.3, 0.4) is 0 Å². The van der Waals surface area contributed by atoms with Gasteiger partial charge in [-0.1, -0.05) is 42.5 Å². The normalized spacial score (nSPS) is 11.3. The minimum Gasteiger partial charge on any atom is -0.462 e. The Bertz CT molecular complexity index is 1920. The number of esters is 1. The van der Waals surface area contributed by atoms with Crippen molar-refractivity contribution in [3.8, 4) is 22.5 Å². The van der Waals surface area contributed by atoms with E-state index in [9.17, 15) is 18.4 Å². The molecule has 6 rings (SSSR count). The molecule has 1 N–H and O–H groups in total. The van der Waals surface area contributed by atoms with Crippen molar-refractivity contribution in [3.05, 3.63) is 102 Å². The molecule has 12 heteroatoms. The molecule has 0 aliphatic rings. The minimum atomic E-state index is -2.83. The highest BCUT2D eigenvalue weighted by molar-refractivity contribution is 6.08. The van der Waals surface area contributed by atoms with Crippen LogP contribution < -0.4 is 5.32 Å². The molecule has 0 saturated carbocycles. The maximum Gasteiger partial charge on any atom is 0.343 e. The van der Waals surface area contributed by atoms with E-state index in [4.69, 9.17) is 4.74 Å². The fourth-order valence-electron chi connectivity index (χ4n) is 4.48. The summed E-state index contributed by atoms with van der Waals surface area (Å²) < 4.78 is 35.4. The van der Waals surface area contributed by atoms with E-state index in [0.717, 1.165) is 4.52 Å². The van der Waals surface area contributed by atoms with E-state index in [-0.39, 0.29) is 29.1 Å². The van der Waals surface area contributed by atoms with Crippen LogP contribution in [0.5, 0.6) is 0 Å². The zero-order valence-electron chi connectivity index (χ0n) is 21.5. The SMILES string of the molecule is CCOC(=O)c1cnn2c(-c3cccc(NC(=O)c4cnn5c(C(F)F)cc(-c6ccccc6)nc45)c3)ccnc12. The molecule has 4 heterocycles. The number of nitrogens with zero attached hydrogens (tertiary/aromatic N) is 6. The van der Waals surface area contributed by atoms with Gasteiger partial charge in [-0.15, -0.1) is 0 Å². The van der Waals surface area contributed by atoms with Crippen molar-refractivity contribution in [2.75, 3.05) is 11.9 Å². The number of ether oxygens (including phenoxy) is 1. The molecule has 4 aromatic heterocycles. The van der Waals surface area contributed by atoms with Crippen LogP contribution in [0.2, 0.25) is 0 Å². The molecule has 0 aliphatic heterocycles. The molecular weight excluding hydrogens is 532 g/mol. The van der Waals surface area contributed by atoms with Gasteiger partial charge in [-0.3, -0.25) is 4.79 Å². The van der Waals surface area contributed by atoms with E-state index >= 15 is 0 Å². The fraction of sp³-hybridized carbons (Fsp3) is 0.103. The number of carbonyl (C=O) groups is 2. The van der Waals surface area contributed by atoms with Crippen LogP contribution in [-0.2, 0) is 4.74 Å². The van der Waals surface area contributed by atoms with Gasteiger partial charge in [-0.25, -0.2) is 32.6 Å². The van der Waals surface area contributed by atoms with Crippen LogP contribution in [0.4, 0.5) is 14.5 Å². The van der Waals surface area contributed by atoms with E-state index in [2.05, 4.69) is 25.5 Å². The van der Waals surface area contributed by atoms with E-state index in [0.29, 0.717) is 33.8 Å². The first kappa shape index (κ1) is 25.7. The molecule has 0 radical (unpaired) electrons. The quantitative estimate of drug-likeness (QED) is 0.261. The summed E-state index contributed by atoms with van der Waals surface area (Å²) in [5.74, 6) is -1.10. The predicted molar refractivity (Wildman–Crippen MR) is 146 cm³/mol. The Kier molecular flexibility index (Phi) is 6.63. The van der Waals surface area contributed by atoms with Gasteiger partial charge >= 0.3 is 5.97 Å². The smallest absolute Gasteiger partial charge is 0.343 e. The van der Waals surface area contributed by atoms with Gasteiger partial charge in [0.1, 0.15) is 16.8 Å². The van der Waals surface area contributed by atoms with Gasteiger partial charge in [0, 0.05) is 23.0 Å². The Hall–Kier alpha value is -5.52. The molecule has 0 aliphatic carbocycles. The average molecular weight is 554 g/mol. The summed E-state index contributed by atoms with van der Waals surface area (Å²) in [6.07, 6.45) is 1.33. The third-order valence-electron chi connectivity index (χ3n) is 6.35. The molecule has 0 bridgehead atoms. The van der Waals surface area contributed by atoms with E-state index < -0.39 is 18.3 Å².